The quantitative estimate of drug-likeness (QED) is 0.785. The average Bonchev–Trinajstić information content (AvgIpc) is 2.88. The van der Waals surface area contributed by atoms with Crippen molar-refractivity contribution in [2.45, 2.75) is 32.6 Å². The highest BCUT2D eigenvalue weighted by molar-refractivity contribution is 7.17. The number of aryl methyl sites for hydroxylation is 1. The third-order valence-corrected chi connectivity index (χ3v) is 4.18. The molecule has 19 heavy (non-hydrogen) atoms. The fraction of sp³-hybridized carbons (Fsp3) is 0.538. The number of carbonyl (C=O) groups is 2. The first-order chi connectivity index (χ1) is 9.13. The van der Waals surface area contributed by atoms with Crippen molar-refractivity contribution in [2.75, 3.05) is 18.5 Å². The molecule has 0 saturated carbocycles. The zero-order valence-corrected chi connectivity index (χ0v) is 11.6. The van der Waals surface area contributed by atoms with Crippen LogP contribution in [-0.4, -0.2) is 30.2 Å². The lowest BCUT2D eigenvalue weighted by Gasteiger charge is -2.05. The number of ether oxygens (including phenoxy) is 1. The Labute approximate surface area is 115 Å². The van der Waals surface area contributed by atoms with Crippen LogP contribution in [0.5, 0.6) is 0 Å². The molecule has 0 saturated heterocycles. The van der Waals surface area contributed by atoms with E-state index in [0.717, 1.165) is 36.1 Å². The summed E-state index contributed by atoms with van der Waals surface area (Å²) in [5.74, 6) is -1.26. The van der Waals surface area contributed by atoms with E-state index in [2.05, 4.69) is 5.32 Å². The second kappa shape index (κ2) is 6.16. The lowest BCUT2D eigenvalue weighted by molar-refractivity contribution is -0.120. The average molecular weight is 283 g/mol. The number of nitrogens with one attached hydrogen (secondary N) is 1. The number of hydrogen-bond acceptors (Lipinski definition) is 4. The van der Waals surface area contributed by atoms with Crippen molar-refractivity contribution in [3.05, 3.63) is 16.0 Å². The number of anilines is 1. The second-order valence-corrected chi connectivity index (χ2v) is 5.57. The summed E-state index contributed by atoms with van der Waals surface area (Å²) in [4.78, 5) is 24.1. The molecule has 2 rings (SSSR count). The van der Waals surface area contributed by atoms with Crippen LogP contribution in [0.3, 0.4) is 0 Å². The van der Waals surface area contributed by atoms with Crippen molar-refractivity contribution in [1.29, 1.82) is 0 Å². The van der Waals surface area contributed by atoms with Gasteiger partial charge in [0.05, 0.1) is 5.56 Å². The molecule has 1 aliphatic carbocycles. The second-order valence-electron chi connectivity index (χ2n) is 4.47. The van der Waals surface area contributed by atoms with Crippen LogP contribution in [0.25, 0.3) is 0 Å². The molecule has 6 heteroatoms. The minimum atomic E-state index is -0.968. The largest absolute Gasteiger partial charge is 0.478 e. The third kappa shape index (κ3) is 3.13. The number of carboxylic acids is 1. The van der Waals surface area contributed by atoms with Gasteiger partial charge < -0.3 is 15.2 Å². The summed E-state index contributed by atoms with van der Waals surface area (Å²) in [6, 6.07) is 0. The van der Waals surface area contributed by atoms with Crippen molar-refractivity contribution < 1.29 is 19.4 Å². The van der Waals surface area contributed by atoms with Gasteiger partial charge in [0.1, 0.15) is 11.6 Å². The van der Waals surface area contributed by atoms with Crippen LogP contribution in [-0.2, 0) is 22.4 Å². The van der Waals surface area contributed by atoms with Gasteiger partial charge in [-0.3, -0.25) is 4.79 Å². The van der Waals surface area contributed by atoms with Gasteiger partial charge in [0, 0.05) is 11.5 Å². The van der Waals surface area contributed by atoms with E-state index < -0.39 is 5.97 Å². The Balaban J connectivity index is 2.08. The van der Waals surface area contributed by atoms with E-state index in [0.29, 0.717) is 11.6 Å². The van der Waals surface area contributed by atoms with Gasteiger partial charge >= 0.3 is 5.97 Å². The number of hydrogen-bond donors (Lipinski definition) is 2. The molecule has 1 heterocycles. The Morgan fingerprint density at radius 3 is 2.89 bits per heavy atom. The van der Waals surface area contributed by atoms with Gasteiger partial charge in [0.2, 0.25) is 0 Å². The van der Waals surface area contributed by atoms with Gasteiger partial charge in [-0.2, -0.15) is 0 Å². The summed E-state index contributed by atoms with van der Waals surface area (Å²) in [5.41, 5.74) is 1.16. The molecule has 1 aliphatic rings. The molecule has 0 bridgehead atoms. The lowest BCUT2D eigenvalue weighted by atomic mass is 10.1. The van der Waals surface area contributed by atoms with Crippen LogP contribution in [0.2, 0.25) is 0 Å². The van der Waals surface area contributed by atoms with Gasteiger partial charge in [-0.1, -0.05) is 6.92 Å². The maximum Gasteiger partial charge on any atom is 0.339 e. The van der Waals surface area contributed by atoms with Crippen LogP contribution in [0.4, 0.5) is 5.00 Å². The molecule has 0 radical (unpaired) electrons. The Bertz CT molecular complexity index is 495. The summed E-state index contributed by atoms with van der Waals surface area (Å²) in [6.07, 6.45) is 3.54. The van der Waals surface area contributed by atoms with E-state index in [-0.39, 0.29) is 18.1 Å². The smallest absolute Gasteiger partial charge is 0.339 e. The van der Waals surface area contributed by atoms with Crippen LogP contribution in [0.15, 0.2) is 0 Å². The summed E-state index contributed by atoms with van der Waals surface area (Å²) < 4.78 is 5.14. The number of fused-ring (bicyclic) bond motifs is 1. The third-order valence-electron chi connectivity index (χ3n) is 2.97. The maximum absolute atomic E-state index is 11.7. The molecule has 104 valence electrons. The first kappa shape index (κ1) is 14.0. The predicted octanol–water partition coefficient (Wildman–Crippen LogP) is 2.30. The predicted molar refractivity (Wildman–Crippen MR) is 73.0 cm³/mol. The zero-order valence-electron chi connectivity index (χ0n) is 10.8. The first-order valence-electron chi connectivity index (χ1n) is 6.39. The number of rotatable bonds is 6. The first-order valence-corrected chi connectivity index (χ1v) is 7.20. The molecule has 1 amide bonds. The Hall–Kier alpha value is -1.40. The van der Waals surface area contributed by atoms with Gasteiger partial charge in [-0.25, -0.2) is 4.79 Å². The molecular formula is C13H17NO4S. The number of thiophene rings is 1. The van der Waals surface area contributed by atoms with Crippen molar-refractivity contribution >= 4 is 28.2 Å². The topological polar surface area (TPSA) is 75.6 Å². The number of amides is 1. The normalized spacial score (nSPS) is 13.3. The zero-order chi connectivity index (χ0) is 13.8. The van der Waals surface area contributed by atoms with E-state index in [9.17, 15) is 14.7 Å². The highest BCUT2D eigenvalue weighted by atomic mass is 32.1. The summed E-state index contributed by atoms with van der Waals surface area (Å²) in [6.45, 7) is 2.46. The van der Waals surface area contributed by atoms with E-state index in [1.165, 1.54) is 11.3 Å². The van der Waals surface area contributed by atoms with Gasteiger partial charge in [0.15, 0.2) is 0 Å². The van der Waals surface area contributed by atoms with Crippen molar-refractivity contribution in [3.63, 3.8) is 0 Å². The van der Waals surface area contributed by atoms with E-state index in [1.54, 1.807) is 0 Å². The summed E-state index contributed by atoms with van der Waals surface area (Å²) in [5, 5.41) is 12.4. The fourth-order valence-corrected chi connectivity index (χ4v) is 3.49. The van der Waals surface area contributed by atoms with Crippen molar-refractivity contribution in [1.82, 2.24) is 0 Å². The minimum Gasteiger partial charge on any atom is -0.478 e. The van der Waals surface area contributed by atoms with Gasteiger partial charge in [0.25, 0.3) is 5.91 Å². The summed E-state index contributed by atoms with van der Waals surface area (Å²) >= 11 is 1.38. The van der Waals surface area contributed by atoms with Crippen LogP contribution >= 0.6 is 11.3 Å². The van der Waals surface area contributed by atoms with Crippen molar-refractivity contribution in [2.24, 2.45) is 0 Å². The number of aromatic carboxylic acids is 1. The molecule has 0 atom stereocenters. The Kier molecular flexibility index (Phi) is 4.55. The van der Waals surface area contributed by atoms with E-state index >= 15 is 0 Å². The SMILES string of the molecule is CCCOCC(=O)Nc1sc2c(c1C(=O)O)CCC2. The molecule has 1 aromatic heterocycles. The highest BCUT2D eigenvalue weighted by Gasteiger charge is 2.27. The Morgan fingerprint density at radius 2 is 2.21 bits per heavy atom. The fourth-order valence-electron chi connectivity index (χ4n) is 2.19. The molecule has 2 N–H and O–H groups in total. The van der Waals surface area contributed by atoms with Crippen molar-refractivity contribution in [3.8, 4) is 0 Å². The standard InChI is InChI=1S/C13H17NO4S/c1-2-6-18-7-10(15)14-12-11(13(16)17)8-4-3-5-9(8)19-12/h2-7H2,1H3,(H,14,15)(H,16,17). The Morgan fingerprint density at radius 1 is 1.42 bits per heavy atom. The van der Waals surface area contributed by atoms with Crippen LogP contribution in [0, 0.1) is 0 Å². The molecule has 0 spiro atoms. The molecular weight excluding hydrogens is 266 g/mol. The molecule has 0 fully saturated rings. The molecule has 0 unspecified atom stereocenters. The van der Waals surface area contributed by atoms with Gasteiger partial charge in [-0.05, 0) is 31.2 Å². The van der Waals surface area contributed by atoms with E-state index in [1.807, 2.05) is 6.92 Å². The molecule has 0 aliphatic heterocycles. The van der Waals surface area contributed by atoms with Gasteiger partial charge in [-0.15, -0.1) is 11.3 Å². The van der Waals surface area contributed by atoms with Crippen LogP contribution < -0.4 is 5.32 Å². The highest BCUT2D eigenvalue weighted by Crippen LogP contribution is 2.38. The monoisotopic (exact) mass is 283 g/mol. The number of carboxylic acid groups (broad SMARTS) is 1. The lowest BCUT2D eigenvalue weighted by Crippen LogP contribution is -2.19. The summed E-state index contributed by atoms with van der Waals surface area (Å²) in [7, 11) is 0. The van der Waals surface area contributed by atoms with E-state index in [4.69, 9.17) is 4.74 Å². The maximum atomic E-state index is 11.7. The molecule has 0 aromatic carbocycles. The van der Waals surface area contributed by atoms with Crippen LogP contribution in [0.1, 0.15) is 40.6 Å². The molecule has 5 nitrogen and oxygen atoms in total. The number of carbonyl (C=O) groups excluding carboxylic acids is 1. The molecule has 1 aromatic rings. The minimum absolute atomic E-state index is 0.0323.